The number of nitrogens with one attached hydrogen (secondary N) is 1. The van der Waals surface area contributed by atoms with Gasteiger partial charge >= 0.3 is 0 Å². The Morgan fingerprint density at radius 2 is 1.87 bits per heavy atom. The van der Waals surface area contributed by atoms with Gasteiger partial charge in [0.05, 0.1) is 12.8 Å². The summed E-state index contributed by atoms with van der Waals surface area (Å²) in [5, 5.41) is 7.94. The summed E-state index contributed by atoms with van der Waals surface area (Å²) < 4.78 is 5.16. The second-order valence-electron chi connectivity index (χ2n) is 6.78. The van der Waals surface area contributed by atoms with Gasteiger partial charge in [-0.05, 0) is 53.3 Å². The SMILES string of the molecule is COc1ccc(SCCCC(=O)Nc2nc(-c3ccc4ccccc4c3)cs2)cc1. The van der Waals surface area contributed by atoms with E-state index < -0.39 is 0 Å². The fraction of sp³-hybridized carbons (Fsp3) is 0.167. The molecule has 3 aromatic carbocycles. The Labute approximate surface area is 184 Å². The summed E-state index contributed by atoms with van der Waals surface area (Å²) >= 11 is 3.20. The molecule has 0 bridgehead atoms. The van der Waals surface area contributed by atoms with E-state index in [1.807, 2.05) is 41.8 Å². The molecule has 0 aliphatic heterocycles. The molecule has 0 saturated carbocycles. The van der Waals surface area contributed by atoms with Gasteiger partial charge in [0, 0.05) is 22.3 Å². The monoisotopic (exact) mass is 434 g/mol. The molecule has 4 aromatic rings. The van der Waals surface area contributed by atoms with Gasteiger partial charge in [0.15, 0.2) is 5.13 Å². The number of methoxy groups -OCH3 is 1. The molecule has 0 spiro atoms. The number of ether oxygens (including phenoxy) is 1. The number of nitrogens with zero attached hydrogens (tertiary/aromatic N) is 1. The molecule has 0 aliphatic carbocycles. The lowest BCUT2D eigenvalue weighted by molar-refractivity contribution is -0.116. The minimum Gasteiger partial charge on any atom is -0.497 e. The zero-order chi connectivity index (χ0) is 20.8. The van der Waals surface area contributed by atoms with E-state index in [1.54, 1.807) is 18.9 Å². The van der Waals surface area contributed by atoms with E-state index in [1.165, 1.54) is 27.0 Å². The van der Waals surface area contributed by atoms with Gasteiger partial charge in [-0.25, -0.2) is 4.98 Å². The smallest absolute Gasteiger partial charge is 0.226 e. The first-order valence-electron chi connectivity index (χ1n) is 9.73. The molecule has 1 N–H and O–H groups in total. The first-order valence-corrected chi connectivity index (χ1v) is 11.6. The average molecular weight is 435 g/mol. The predicted molar refractivity (Wildman–Crippen MR) is 127 cm³/mol. The van der Waals surface area contributed by atoms with Gasteiger partial charge in [0.2, 0.25) is 5.91 Å². The molecule has 0 unspecified atom stereocenters. The fourth-order valence-electron chi connectivity index (χ4n) is 3.09. The van der Waals surface area contributed by atoms with E-state index in [9.17, 15) is 4.79 Å². The number of thiazole rings is 1. The van der Waals surface area contributed by atoms with E-state index in [0.29, 0.717) is 11.6 Å². The lowest BCUT2D eigenvalue weighted by Gasteiger charge is -2.04. The minimum absolute atomic E-state index is 0.00439. The molecule has 30 heavy (non-hydrogen) atoms. The normalized spacial score (nSPS) is 10.8. The number of anilines is 1. The largest absolute Gasteiger partial charge is 0.497 e. The maximum atomic E-state index is 12.3. The molecule has 4 nitrogen and oxygen atoms in total. The molecule has 4 rings (SSSR count). The predicted octanol–water partition coefficient (Wildman–Crippen LogP) is 6.48. The lowest BCUT2D eigenvalue weighted by atomic mass is 10.1. The zero-order valence-corrected chi connectivity index (χ0v) is 18.3. The highest BCUT2D eigenvalue weighted by molar-refractivity contribution is 7.99. The number of aromatic nitrogens is 1. The van der Waals surface area contributed by atoms with Crippen LogP contribution in [0.15, 0.2) is 77.0 Å². The fourth-order valence-corrected chi connectivity index (χ4v) is 4.68. The van der Waals surface area contributed by atoms with Crippen LogP contribution < -0.4 is 10.1 Å². The van der Waals surface area contributed by atoms with Crippen LogP contribution in [0.1, 0.15) is 12.8 Å². The molecule has 152 valence electrons. The third kappa shape index (κ3) is 5.20. The van der Waals surface area contributed by atoms with Crippen LogP contribution in [0.5, 0.6) is 5.75 Å². The third-order valence-electron chi connectivity index (χ3n) is 4.67. The minimum atomic E-state index is 0.00439. The Morgan fingerprint density at radius 3 is 2.67 bits per heavy atom. The van der Waals surface area contributed by atoms with E-state index >= 15 is 0 Å². The van der Waals surface area contributed by atoms with Gasteiger partial charge in [0.1, 0.15) is 5.75 Å². The Morgan fingerprint density at radius 1 is 1.07 bits per heavy atom. The third-order valence-corrected chi connectivity index (χ3v) is 6.53. The van der Waals surface area contributed by atoms with Crippen LogP contribution in [0.3, 0.4) is 0 Å². The number of hydrogen-bond acceptors (Lipinski definition) is 5. The highest BCUT2D eigenvalue weighted by Crippen LogP contribution is 2.28. The standard InChI is InChI=1S/C24H22N2O2S2/c1-28-20-10-12-21(13-11-20)29-14-4-7-23(27)26-24-25-22(16-30-24)19-9-8-17-5-2-3-6-18(17)15-19/h2-3,5-6,8-13,15-16H,4,7,14H2,1H3,(H,25,26,27). The number of rotatable bonds is 8. The quantitative estimate of drug-likeness (QED) is 0.255. The Bertz CT molecular complexity index is 1140. The number of benzene rings is 3. The molecule has 0 saturated heterocycles. The Hall–Kier alpha value is -2.83. The van der Waals surface area contributed by atoms with E-state index in [0.717, 1.165) is 29.2 Å². The number of fused-ring (bicyclic) bond motifs is 1. The number of thioether (sulfide) groups is 1. The van der Waals surface area contributed by atoms with E-state index in [4.69, 9.17) is 4.74 Å². The van der Waals surface area contributed by atoms with Crippen LogP contribution in [0.4, 0.5) is 5.13 Å². The van der Waals surface area contributed by atoms with Crippen LogP contribution in [0, 0.1) is 0 Å². The summed E-state index contributed by atoms with van der Waals surface area (Å²) in [4.78, 5) is 18.0. The second kappa shape index (κ2) is 9.78. The highest BCUT2D eigenvalue weighted by atomic mass is 32.2. The molecule has 1 aromatic heterocycles. The van der Waals surface area contributed by atoms with Crippen molar-refractivity contribution in [1.82, 2.24) is 4.98 Å². The van der Waals surface area contributed by atoms with E-state index in [-0.39, 0.29) is 5.91 Å². The van der Waals surface area contributed by atoms with Crippen molar-refractivity contribution in [2.24, 2.45) is 0 Å². The summed E-state index contributed by atoms with van der Waals surface area (Å²) in [5.41, 5.74) is 1.94. The van der Waals surface area contributed by atoms with Crippen molar-refractivity contribution in [2.45, 2.75) is 17.7 Å². The maximum absolute atomic E-state index is 12.3. The van der Waals surface area contributed by atoms with Gasteiger partial charge in [0.25, 0.3) is 0 Å². The van der Waals surface area contributed by atoms with Crippen molar-refractivity contribution in [2.75, 3.05) is 18.2 Å². The molecule has 0 atom stereocenters. The summed E-state index contributed by atoms with van der Waals surface area (Å²) in [6, 6.07) is 22.5. The number of amides is 1. The van der Waals surface area contributed by atoms with Gasteiger partial charge in [-0.3, -0.25) is 4.79 Å². The first kappa shape index (κ1) is 20.4. The van der Waals surface area contributed by atoms with Gasteiger partial charge < -0.3 is 10.1 Å². The van der Waals surface area contributed by atoms with Crippen molar-refractivity contribution >= 4 is 44.9 Å². The summed E-state index contributed by atoms with van der Waals surface area (Å²) in [6.45, 7) is 0. The van der Waals surface area contributed by atoms with Crippen molar-refractivity contribution < 1.29 is 9.53 Å². The zero-order valence-electron chi connectivity index (χ0n) is 16.6. The summed E-state index contributed by atoms with van der Waals surface area (Å²) in [6.07, 6.45) is 1.29. The second-order valence-corrected chi connectivity index (χ2v) is 8.80. The van der Waals surface area contributed by atoms with Crippen molar-refractivity contribution in [3.05, 3.63) is 72.1 Å². The average Bonchev–Trinajstić information content (AvgIpc) is 3.25. The van der Waals surface area contributed by atoms with Crippen LogP contribution in [-0.2, 0) is 4.79 Å². The van der Waals surface area contributed by atoms with Crippen LogP contribution in [-0.4, -0.2) is 23.8 Å². The number of carbonyl (C=O) groups excluding carboxylic acids is 1. The first-order chi connectivity index (χ1) is 14.7. The molecule has 1 heterocycles. The van der Waals surface area contributed by atoms with Crippen molar-refractivity contribution in [3.63, 3.8) is 0 Å². The van der Waals surface area contributed by atoms with Crippen molar-refractivity contribution in [3.8, 4) is 17.0 Å². The molecular weight excluding hydrogens is 412 g/mol. The topological polar surface area (TPSA) is 51.2 Å². The number of hydrogen-bond donors (Lipinski definition) is 1. The molecule has 1 amide bonds. The molecule has 0 aliphatic rings. The van der Waals surface area contributed by atoms with Crippen LogP contribution in [0.2, 0.25) is 0 Å². The lowest BCUT2D eigenvalue weighted by Crippen LogP contribution is -2.11. The van der Waals surface area contributed by atoms with Gasteiger partial charge in [-0.1, -0.05) is 36.4 Å². The van der Waals surface area contributed by atoms with Crippen molar-refractivity contribution in [1.29, 1.82) is 0 Å². The van der Waals surface area contributed by atoms with Crippen LogP contribution in [0.25, 0.3) is 22.0 Å². The maximum Gasteiger partial charge on any atom is 0.226 e. The summed E-state index contributed by atoms with van der Waals surface area (Å²) in [5.74, 6) is 1.75. The Balaban J connectivity index is 1.27. The molecular formula is C24H22N2O2S2. The van der Waals surface area contributed by atoms with Gasteiger partial charge in [-0.15, -0.1) is 23.1 Å². The summed E-state index contributed by atoms with van der Waals surface area (Å²) in [7, 11) is 1.66. The Kier molecular flexibility index (Phi) is 6.67. The van der Waals surface area contributed by atoms with Crippen LogP contribution >= 0.6 is 23.1 Å². The molecule has 0 radical (unpaired) electrons. The highest BCUT2D eigenvalue weighted by Gasteiger charge is 2.09. The molecule has 6 heteroatoms. The van der Waals surface area contributed by atoms with Gasteiger partial charge in [-0.2, -0.15) is 0 Å². The van der Waals surface area contributed by atoms with E-state index in [2.05, 4.69) is 40.6 Å². The molecule has 0 fully saturated rings. The number of carbonyl (C=O) groups is 1.